The van der Waals surface area contributed by atoms with Crippen LogP contribution in [0.4, 0.5) is 0 Å². The van der Waals surface area contributed by atoms with Gasteiger partial charge in [-0.2, -0.15) is 0 Å². The topological polar surface area (TPSA) is 26.0 Å². The summed E-state index contributed by atoms with van der Waals surface area (Å²) in [7, 11) is 0. The first-order valence-electron chi connectivity index (χ1n) is 2.03. The zero-order chi connectivity index (χ0) is 4.28. The van der Waals surface area contributed by atoms with Crippen LogP contribution >= 0.6 is 0 Å². The molecule has 2 N–H and O–H groups in total. The van der Waals surface area contributed by atoms with Crippen molar-refractivity contribution in [2.24, 2.45) is 5.73 Å². The fourth-order valence-corrected chi connectivity index (χ4v) is 0. The summed E-state index contributed by atoms with van der Waals surface area (Å²) in [6.45, 7) is 2.03. The van der Waals surface area contributed by atoms with Crippen molar-refractivity contribution in [3.63, 3.8) is 0 Å². The Morgan fingerprint density at radius 1 is 2.00 bits per heavy atom. The Morgan fingerprint density at radius 3 is 2.20 bits per heavy atom. The van der Waals surface area contributed by atoms with Gasteiger partial charge in [0.25, 0.3) is 0 Å². The molecule has 0 heterocycles. The average molecular weight is 81.1 g/mol. The van der Waals surface area contributed by atoms with Crippen molar-refractivity contribution in [1.29, 1.82) is 0 Å². The van der Waals surface area contributed by atoms with E-state index in [2.05, 4.69) is 0 Å². The minimum absolute atomic E-state index is 0.446. The third-order valence-electron chi connectivity index (χ3n) is 0.644. The van der Waals surface area contributed by atoms with Gasteiger partial charge in [0.2, 0.25) is 0 Å². The molecular weight excluding hydrogens is 73.0 g/mol. The maximum atomic E-state index is 5.33. The number of hydrogen-bond acceptors (Lipinski definition) is 1. The Labute approximate surface area is 50.3 Å². The van der Waals surface area contributed by atoms with Crippen molar-refractivity contribution in [1.82, 2.24) is 0 Å². The Morgan fingerprint density at radius 2 is 2.20 bits per heavy atom. The molecule has 0 fully saturated rings. The summed E-state index contributed by atoms with van der Waals surface area (Å²) in [4.78, 5) is 0. The Kier molecular flexibility index (Phi) is 3.77. The molecule has 0 aliphatic rings. The third kappa shape index (κ3) is 4.96. The van der Waals surface area contributed by atoms with Gasteiger partial charge in [-0.05, 0) is 0 Å². The van der Waals surface area contributed by atoms with E-state index in [1.54, 1.807) is 0 Å². The second-order valence-corrected chi connectivity index (χ2v) is 2.20. The quantitative estimate of drug-likeness (QED) is 0.439. The molecule has 0 radical (unpaired) electrons. The van der Waals surface area contributed by atoms with Crippen LogP contribution in [-0.4, -0.2) is 34.0 Å². The van der Waals surface area contributed by atoms with E-state index in [0.717, 1.165) is 0 Å². The summed E-state index contributed by atoms with van der Waals surface area (Å²) < 4.78 is 1.22. The molecule has 0 rings (SSSR count). The minimum atomic E-state index is 0.446. The number of hydrogen-bond donors (Lipinski definition) is 1. The van der Waals surface area contributed by atoms with Gasteiger partial charge in [-0.1, -0.05) is 0 Å². The molecule has 1 atom stereocenters. The first-order chi connectivity index (χ1) is 2.27. The molecule has 26 valence electrons. The molecule has 0 aromatic heterocycles. The van der Waals surface area contributed by atoms with Gasteiger partial charge in [0.05, 0.1) is 0 Å². The summed E-state index contributed by atoms with van der Waals surface area (Å²) >= 11 is 1.25. The predicted octanol–water partition coefficient (Wildman–Crippen LogP) is -0.0796. The van der Waals surface area contributed by atoms with Gasteiger partial charge >= 0.3 is 50.3 Å². The maximum absolute atomic E-state index is 5.33. The molecular formula is C3H8NNa. The van der Waals surface area contributed by atoms with Crippen LogP contribution in [0.5, 0.6) is 0 Å². The second kappa shape index (κ2) is 3.16. The van der Waals surface area contributed by atoms with E-state index in [0.29, 0.717) is 6.04 Å². The van der Waals surface area contributed by atoms with E-state index < -0.39 is 0 Å². The number of rotatable bonds is 1. The Hall–Kier alpha value is 0.960. The van der Waals surface area contributed by atoms with E-state index in [-0.39, 0.29) is 0 Å². The molecule has 0 bridgehead atoms. The van der Waals surface area contributed by atoms with Gasteiger partial charge in [-0.3, -0.25) is 0 Å². The SMILES string of the molecule is CC(N)[CH2][Na]. The summed E-state index contributed by atoms with van der Waals surface area (Å²) in [6.07, 6.45) is 0. The van der Waals surface area contributed by atoms with Crippen LogP contribution in [-0.2, 0) is 0 Å². The molecule has 5 heavy (non-hydrogen) atoms. The van der Waals surface area contributed by atoms with Crippen LogP contribution in [0.15, 0.2) is 0 Å². The fraction of sp³-hybridized carbons (Fsp3) is 1.00. The van der Waals surface area contributed by atoms with E-state index >= 15 is 0 Å². The molecule has 2 heteroatoms. The monoisotopic (exact) mass is 81.1 g/mol. The summed E-state index contributed by atoms with van der Waals surface area (Å²) in [6, 6.07) is 0.446. The molecule has 0 saturated carbocycles. The first kappa shape index (κ1) is 5.96. The van der Waals surface area contributed by atoms with Crippen molar-refractivity contribution in [2.75, 3.05) is 0 Å². The Balaban J connectivity index is 2.54. The van der Waals surface area contributed by atoms with E-state index in [1.807, 2.05) is 6.92 Å². The number of nitrogens with two attached hydrogens (primary N) is 1. The van der Waals surface area contributed by atoms with Gasteiger partial charge < -0.3 is 0 Å². The Bertz CT molecular complexity index is 20.9. The zero-order valence-corrected chi connectivity index (χ0v) is 5.86. The van der Waals surface area contributed by atoms with E-state index in [4.69, 9.17) is 5.73 Å². The zero-order valence-electron chi connectivity index (χ0n) is 3.86. The van der Waals surface area contributed by atoms with Gasteiger partial charge in [-0.25, -0.2) is 0 Å². The van der Waals surface area contributed by atoms with Gasteiger partial charge in [-0.15, -0.1) is 0 Å². The fourth-order valence-electron chi connectivity index (χ4n) is 0. The van der Waals surface area contributed by atoms with Crippen molar-refractivity contribution in [2.45, 2.75) is 16.6 Å². The van der Waals surface area contributed by atoms with Crippen molar-refractivity contribution in [3.8, 4) is 0 Å². The molecule has 0 spiro atoms. The van der Waals surface area contributed by atoms with Crippen LogP contribution in [0.2, 0.25) is 3.67 Å². The van der Waals surface area contributed by atoms with Crippen LogP contribution in [0.3, 0.4) is 0 Å². The van der Waals surface area contributed by atoms with Gasteiger partial charge in [0, 0.05) is 0 Å². The second-order valence-electron chi connectivity index (χ2n) is 1.39. The third-order valence-corrected chi connectivity index (χ3v) is 1.93. The van der Waals surface area contributed by atoms with Gasteiger partial charge in [0.15, 0.2) is 0 Å². The molecule has 1 nitrogen and oxygen atoms in total. The standard InChI is InChI=1S/C3H8N.Na/c1-3(2)4;/h3H,1,4H2,2H3;. The van der Waals surface area contributed by atoms with E-state index in [1.165, 1.54) is 31.6 Å². The molecule has 0 saturated heterocycles. The predicted molar refractivity (Wildman–Crippen MR) is 24.2 cm³/mol. The molecule has 0 aliphatic heterocycles. The van der Waals surface area contributed by atoms with Crippen LogP contribution in [0, 0.1) is 0 Å². The summed E-state index contributed by atoms with van der Waals surface area (Å²) in [5.74, 6) is 0. The molecule has 0 aliphatic carbocycles. The summed E-state index contributed by atoms with van der Waals surface area (Å²) in [5, 5.41) is 0. The first-order valence-corrected chi connectivity index (χ1v) is 3.44. The van der Waals surface area contributed by atoms with Crippen molar-refractivity contribution < 1.29 is 0 Å². The van der Waals surface area contributed by atoms with E-state index in [9.17, 15) is 0 Å². The van der Waals surface area contributed by atoms with Gasteiger partial charge in [0.1, 0.15) is 0 Å². The van der Waals surface area contributed by atoms with Crippen molar-refractivity contribution >= 4 is 27.9 Å². The normalized spacial score (nSPS) is 15.2. The molecule has 0 aromatic carbocycles. The molecule has 0 amide bonds. The average Bonchev–Trinajstić information content (AvgIpc) is 1.38. The summed E-state index contributed by atoms with van der Waals surface area (Å²) in [5.41, 5.74) is 5.33. The van der Waals surface area contributed by atoms with Crippen LogP contribution in [0.1, 0.15) is 6.92 Å². The molecule has 0 aromatic rings. The van der Waals surface area contributed by atoms with Crippen molar-refractivity contribution in [3.05, 3.63) is 0 Å². The van der Waals surface area contributed by atoms with Crippen LogP contribution in [0.25, 0.3) is 0 Å². The van der Waals surface area contributed by atoms with Crippen LogP contribution < -0.4 is 5.73 Å². The molecule has 1 unspecified atom stereocenters.